The molecule has 1 aromatic heterocycles. The number of aliphatic carboxylic acids is 1. The number of nitrogens with zero attached hydrogens (tertiary/aromatic N) is 3. The number of para-hydroxylation sites is 1. The number of unbranched alkanes of at least 4 members (excludes halogenated alkanes) is 2. The lowest BCUT2D eigenvalue weighted by Gasteiger charge is -2.34. The minimum absolute atomic E-state index is 0.00770. The number of pyridine rings is 1. The number of nitrogens with one attached hydrogen (secondary N) is 1. The molecule has 2 amide bonds. The van der Waals surface area contributed by atoms with Crippen molar-refractivity contribution in [2.75, 3.05) is 46.0 Å². The van der Waals surface area contributed by atoms with E-state index in [-0.39, 0.29) is 13.0 Å². The molecular formula is C35H50N4O8. The number of carbonyl (C=O) groups is 3. The largest absolute Gasteiger partial charge is 0.491 e. The molecule has 3 aliphatic rings. The molecule has 3 fully saturated rings. The molecule has 47 heavy (non-hydrogen) atoms. The van der Waals surface area contributed by atoms with Crippen molar-refractivity contribution in [3.63, 3.8) is 0 Å². The molecule has 3 N–H and O–H groups in total. The van der Waals surface area contributed by atoms with Crippen LogP contribution in [-0.2, 0) is 20.7 Å². The fourth-order valence-electron chi connectivity index (χ4n) is 6.56. The van der Waals surface area contributed by atoms with Gasteiger partial charge in [-0.25, -0.2) is 14.6 Å². The van der Waals surface area contributed by atoms with E-state index >= 15 is 0 Å². The Kier molecular flexibility index (Phi) is 11.4. The number of carboxylic acids is 1. The number of amides is 2. The second-order valence-electron chi connectivity index (χ2n) is 14.2. The number of hydrogen-bond donors (Lipinski definition) is 3. The highest BCUT2D eigenvalue weighted by molar-refractivity contribution is 5.90. The van der Waals surface area contributed by atoms with Crippen LogP contribution in [0.4, 0.5) is 4.79 Å². The van der Waals surface area contributed by atoms with Crippen LogP contribution in [0.15, 0.2) is 24.3 Å². The van der Waals surface area contributed by atoms with Crippen LogP contribution < -0.4 is 14.8 Å². The third-order valence-electron chi connectivity index (χ3n) is 9.39. The molecule has 12 heteroatoms. The van der Waals surface area contributed by atoms with Gasteiger partial charge in [-0.1, -0.05) is 65.0 Å². The van der Waals surface area contributed by atoms with Crippen LogP contribution in [0.1, 0.15) is 71.3 Å². The number of hydrogen-bond acceptors (Lipinski definition) is 8. The smallest absolute Gasteiger partial charge is 0.405 e. The number of benzene rings is 1. The first-order valence-electron chi connectivity index (χ1n) is 17.0. The molecule has 2 aliphatic heterocycles. The Balaban J connectivity index is 1.40. The number of carbonyl (C=O) groups excluding carboxylic acids is 1. The number of likely N-dealkylation sites (tertiary alicyclic amines) is 1. The zero-order valence-corrected chi connectivity index (χ0v) is 27.9. The average molecular weight is 655 g/mol. The minimum atomic E-state index is -1.35. The van der Waals surface area contributed by atoms with Crippen molar-refractivity contribution in [2.24, 2.45) is 11.3 Å². The first-order valence-corrected chi connectivity index (χ1v) is 17.0. The number of morpholine rings is 1. The number of rotatable bonds is 15. The molecule has 1 aliphatic carbocycles. The van der Waals surface area contributed by atoms with E-state index in [0.29, 0.717) is 37.6 Å². The van der Waals surface area contributed by atoms with E-state index in [0.717, 1.165) is 55.1 Å². The number of fused-ring (bicyclic) bond motifs is 1. The fraction of sp³-hybridized carbons (Fsp3) is 0.657. The van der Waals surface area contributed by atoms with Crippen molar-refractivity contribution in [1.82, 2.24) is 20.1 Å². The SMILES string of the molecule is CC(C)(C)[C@H](NC(=O)O)C(=O)N1CC(Oc2nc3ccccc3c(OCCN3CCOCC3)c2CCCCCC2CC2)C[C@H]1C(=O)O. The predicted molar refractivity (Wildman–Crippen MR) is 176 cm³/mol. The summed E-state index contributed by atoms with van der Waals surface area (Å²) < 4.78 is 18.6. The maximum Gasteiger partial charge on any atom is 0.405 e. The molecule has 0 bridgehead atoms. The van der Waals surface area contributed by atoms with Crippen molar-refractivity contribution in [2.45, 2.75) is 90.3 Å². The maximum atomic E-state index is 13.7. The number of ether oxygens (including phenoxy) is 3. The van der Waals surface area contributed by atoms with Crippen molar-refractivity contribution >= 4 is 28.9 Å². The molecule has 1 aromatic carbocycles. The summed E-state index contributed by atoms with van der Waals surface area (Å²) in [7, 11) is 0. The van der Waals surface area contributed by atoms with Crippen LogP contribution in [0.25, 0.3) is 10.9 Å². The Hall–Kier alpha value is -3.64. The predicted octanol–water partition coefficient (Wildman–Crippen LogP) is 4.57. The summed E-state index contributed by atoms with van der Waals surface area (Å²) in [6.45, 7) is 9.60. The van der Waals surface area contributed by atoms with Crippen molar-refractivity contribution < 1.29 is 38.8 Å². The molecule has 5 rings (SSSR count). The van der Waals surface area contributed by atoms with Gasteiger partial charge in [-0.05, 0) is 36.3 Å². The van der Waals surface area contributed by atoms with E-state index in [2.05, 4.69) is 10.2 Å². The zero-order valence-electron chi connectivity index (χ0n) is 27.9. The van der Waals surface area contributed by atoms with Crippen molar-refractivity contribution in [1.29, 1.82) is 0 Å². The number of carboxylic acid groups (broad SMARTS) is 2. The normalized spacial score (nSPS) is 21.0. The van der Waals surface area contributed by atoms with Gasteiger partial charge in [-0.2, -0.15) is 0 Å². The molecule has 1 saturated carbocycles. The van der Waals surface area contributed by atoms with Gasteiger partial charge in [0.25, 0.3) is 0 Å². The van der Waals surface area contributed by atoms with Gasteiger partial charge in [0.05, 0.1) is 30.8 Å². The highest BCUT2D eigenvalue weighted by atomic mass is 16.5. The third kappa shape index (κ3) is 9.25. The summed E-state index contributed by atoms with van der Waals surface area (Å²) >= 11 is 0. The standard InChI is InChI=1S/C35H50N4O8/c1-35(2,3)30(37-34(43)44)32(40)39-22-24(21-28(39)33(41)42)47-31-26(11-6-4-5-9-23-13-14-23)29(25-10-7-8-12-27(25)36-31)46-20-17-38-15-18-45-19-16-38/h7-8,10,12,23-24,28,30,37H,4-6,9,11,13-22H2,1-3H3,(H,41,42)(H,43,44)/t24?,28-,30+/m0/s1. The number of aromatic nitrogens is 1. The van der Waals surface area contributed by atoms with E-state index in [4.69, 9.17) is 19.2 Å². The first-order chi connectivity index (χ1) is 22.5. The molecule has 258 valence electrons. The fourth-order valence-corrected chi connectivity index (χ4v) is 6.56. The Morgan fingerprint density at radius 1 is 1.09 bits per heavy atom. The van der Waals surface area contributed by atoms with Gasteiger partial charge in [0, 0.05) is 31.4 Å². The molecular weight excluding hydrogens is 604 g/mol. The summed E-state index contributed by atoms with van der Waals surface area (Å²) in [4.78, 5) is 46.1. The van der Waals surface area contributed by atoms with Gasteiger partial charge < -0.3 is 34.6 Å². The van der Waals surface area contributed by atoms with Crippen LogP contribution in [0.2, 0.25) is 0 Å². The molecule has 0 radical (unpaired) electrons. The van der Waals surface area contributed by atoms with E-state index < -0.39 is 41.6 Å². The zero-order chi connectivity index (χ0) is 33.6. The van der Waals surface area contributed by atoms with Gasteiger partial charge in [-0.3, -0.25) is 9.69 Å². The first kappa shape index (κ1) is 34.7. The quantitative estimate of drug-likeness (QED) is 0.233. The van der Waals surface area contributed by atoms with E-state index in [9.17, 15) is 24.6 Å². The van der Waals surface area contributed by atoms with Gasteiger partial charge in [0.2, 0.25) is 11.8 Å². The van der Waals surface area contributed by atoms with Crippen LogP contribution in [0, 0.1) is 11.3 Å². The molecule has 3 atom stereocenters. The van der Waals surface area contributed by atoms with Crippen molar-refractivity contribution in [3.8, 4) is 11.6 Å². The molecule has 12 nitrogen and oxygen atoms in total. The average Bonchev–Trinajstić information content (AvgIpc) is 3.76. The minimum Gasteiger partial charge on any atom is -0.491 e. The van der Waals surface area contributed by atoms with E-state index in [1.54, 1.807) is 20.8 Å². The van der Waals surface area contributed by atoms with Gasteiger partial charge in [0.1, 0.15) is 30.5 Å². The summed E-state index contributed by atoms with van der Waals surface area (Å²) in [6.07, 6.45) is 5.87. The van der Waals surface area contributed by atoms with E-state index in [1.165, 1.54) is 30.6 Å². The highest BCUT2D eigenvalue weighted by Crippen LogP contribution is 2.39. The lowest BCUT2D eigenvalue weighted by atomic mass is 9.85. The Bertz CT molecular complexity index is 1400. The van der Waals surface area contributed by atoms with Gasteiger partial charge >= 0.3 is 12.1 Å². The third-order valence-corrected chi connectivity index (χ3v) is 9.39. The molecule has 3 heterocycles. The highest BCUT2D eigenvalue weighted by Gasteiger charge is 2.46. The summed E-state index contributed by atoms with van der Waals surface area (Å²) in [6, 6.07) is 5.50. The molecule has 2 aromatic rings. The molecule has 0 spiro atoms. The van der Waals surface area contributed by atoms with Crippen LogP contribution >= 0.6 is 0 Å². The Morgan fingerprint density at radius 3 is 2.51 bits per heavy atom. The lowest BCUT2D eigenvalue weighted by Crippen LogP contribution is -2.56. The Morgan fingerprint density at radius 2 is 1.83 bits per heavy atom. The summed E-state index contributed by atoms with van der Waals surface area (Å²) in [5.41, 5.74) is 0.784. The lowest BCUT2D eigenvalue weighted by molar-refractivity contribution is -0.150. The topological polar surface area (TPSA) is 151 Å². The Labute approximate surface area is 276 Å². The second kappa shape index (κ2) is 15.5. The molecule has 2 saturated heterocycles. The maximum absolute atomic E-state index is 13.7. The summed E-state index contributed by atoms with van der Waals surface area (Å²) in [5, 5.41) is 22.7. The van der Waals surface area contributed by atoms with E-state index in [1.807, 2.05) is 24.3 Å². The molecule has 1 unspecified atom stereocenters. The monoisotopic (exact) mass is 654 g/mol. The van der Waals surface area contributed by atoms with Crippen LogP contribution in [-0.4, -0.2) is 107 Å². The van der Waals surface area contributed by atoms with Crippen molar-refractivity contribution in [3.05, 3.63) is 29.8 Å². The van der Waals surface area contributed by atoms with Gasteiger partial charge in [0.15, 0.2) is 0 Å². The van der Waals surface area contributed by atoms with Crippen LogP contribution in [0.5, 0.6) is 11.6 Å². The second-order valence-corrected chi connectivity index (χ2v) is 14.2. The van der Waals surface area contributed by atoms with Gasteiger partial charge in [-0.15, -0.1) is 0 Å². The van der Waals surface area contributed by atoms with Crippen LogP contribution in [0.3, 0.4) is 0 Å². The summed E-state index contributed by atoms with van der Waals surface area (Å²) in [5.74, 6) is 0.260.